The number of hydrogen-bond donors (Lipinski definition) is 0. The number of aromatic nitrogens is 4. The van der Waals surface area contributed by atoms with Gasteiger partial charge >= 0.3 is 0 Å². The van der Waals surface area contributed by atoms with Gasteiger partial charge in [-0.1, -0.05) is 0 Å². The molecule has 0 N–H and O–H groups in total. The molecule has 10 heavy (non-hydrogen) atoms. The van der Waals surface area contributed by atoms with Crippen LogP contribution in [0.4, 0.5) is 0 Å². The van der Waals surface area contributed by atoms with E-state index in [0.717, 1.165) is 11.3 Å². The largest absolute Gasteiger partial charge is 0.256 e. The minimum Gasteiger partial charge on any atom is -0.256 e. The van der Waals surface area contributed by atoms with Crippen molar-refractivity contribution in [2.24, 2.45) is 0 Å². The molecule has 0 aromatic carbocycles. The Hall–Kier alpha value is -1.45. The zero-order valence-electron chi connectivity index (χ0n) is 5.52. The Kier molecular flexibility index (Phi) is 0.943. The molecule has 4 nitrogen and oxygen atoms in total. The second-order valence-electron chi connectivity index (χ2n) is 2.09. The number of fused-ring (bicyclic) bond motifs is 1. The summed E-state index contributed by atoms with van der Waals surface area (Å²) < 4.78 is 1.70. The van der Waals surface area contributed by atoms with Gasteiger partial charge in [0, 0.05) is 0 Å². The third-order valence-corrected chi connectivity index (χ3v) is 1.29. The molecule has 0 aliphatic rings. The van der Waals surface area contributed by atoms with Crippen LogP contribution in [0.15, 0.2) is 18.7 Å². The van der Waals surface area contributed by atoms with Crippen LogP contribution in [0, 0.1) is 6.92 Å². The van der Waals surface area contributed by atoms with Gasteiger partial charge in [0.15, 0.2) is 5.65 Å². The maximum absolute atomic E-state index is 4.06. The molecule has 2 rings (SSSR count). The van der Waals surface area contributed by atoms with Crippen molar-refractivity contribution in [3.8, 4) is 0 Å². The summed E-state index contributed by atoms with van der Waals surface area (Å²) >= 11 is 0. The van der Waals surface area contributed by atoms with E-state index in [0.29, 0.717) is 0 Å². The topological polar surface area (TPSA) is 43.1 Å². The van der Waals surface area contributed by atoms with Crippen LogP contribution in [-0.2, 0) is 0 Å². The molecule has 0 radical (unpaired) electrons. The van der Waals surface area contributed by atoms with Crippen LogP contribution in [0.5, 0.6) is 0 Å². The fraction of sp³-hybridized carbons (Fsp3) is 0.167. The molecule has 0 saturated heterocycles. The Balaban J connectivity index is 2.86. The summed E-state index contributed by atoms with van der Waals surface area (Å²) in [6.07, 6.45) is 5.04. The Labute approximate surface area is 57.5 Å². The van der Waals surface area contributed by atoms with E-state index in [2.05, 4.69) is 15.1 Å². The average molecular weight is 134 g/mol. The first kappa shape index (κ1) is 5.34. The molecule has 0 amide bonds. The maximum atomic E-state index is 4.06. The van der Waals surface area contributed by atoms with Crippen LogP contribution in [0.1, 0.15) is 5.69 Å². The van der Waals surface area contributed by atoms with E-state index in [9.17, 15) is 0 Å². The van der Waals surface area contributed by atoms with Crippen LogP contribution >= 0.6 is 0 Å². The molecule has 50 valence electrons. The predicted octanol–water partition coefficient (Wildman–Crippen LogP) is 0.433. The van der Waals surface area contributed by atoms with E-state index in [1.165, 1.54) is 6.33 Å². The van der Waals surface area contributed by atoms with Gasteiger partial charge in [0.25, 0.3) is 0 Å². The summed E-state index contributed by atoms with van der Waals surface area (Å²) in [6.45, 7) is 1.92. The number of rotatable bonds is 0. The summed E-state index contributed by atoms with van der Waals surface area (Å²) in [6, 6.07) is 0. The number of aryl methyl sites for hydroxylation is 1. The average Bonchev–Trinajstić information content (AvgIpc) is 2.33. The normalized spacial score (nSPS) is 10.5. The van der Waals surface area contributed by atoms with Gasteiger partial charge < -0.3 is 0 Å². The molecule has 0 saturated carbocycles. The molecule has 0 unspecified atom stereocenters. The zero-order valence-corrected chi connectivity index (χ0v) is 5.52. The summed E-state index contributed by atoms with van der Waals surface area (Å²) in [5, 5.41) is 3.95. The van der Waals surface area contributed by atoms with E-state index >= 15 is 0 Å². The minimum atomic E-state index is 0.783. The van der Waals surface area contributed by atoms with Gasteiger partial charge in [-0.3, -0.25) is 4.98 Å². The van der Waals surface area contributed by atoms with Gasteiger partial charge in [-0.2, -0.15) is 5.10 Å². The van der Waals surface area contributed by atoms with Crippen molar-refractivity contribution in [2.45, 2.75) is 6.92 Å². The lowest BCUT2D eigenvalue weighted by atomic mass is 10.5. The van der Waals surface area contributed by atoms with E-state index in [1.807, 2.05) is 13.1 Å². The Bertz CT molecular complexity index is 351. The van der Waals surface area contributed by atoms with Crippen molar-refractivity contribution in [2.75, 3.05) is 0 Å². The number of nitrogens with zero attached hydrogens (tertiary/aromatic N) is 4. The lowest BCUT2D eigenvalue weighted by molar-refractivity contribution is 0.928. The first-order valence-corrected chi connectivity index (χ1v) is 2.98. The molecule has 0 spiro atoms. The highest BCUT2D eigenvalue weighted by Gasteiger charge is 1.92. The van der Waals surface area contributed by atoms with Crippen LogP contribution in [0.25, 0.3) is 5.65 Å². The highest BCUT2D eigenvalue weighted by molar-refractivity contribution is 5.31. The van der Waals surface area contributed by atoms with Crippen LogP contribution < -0.4 is 0 Å². The smallest absolute Gasteiger partial charge is 0.173 e. The molecular weight excluding hydrogens is 128 g/mol. The highest BCUT2D eigenvalue weighted by atomic mass is 15.3. The standard InChI is InChI=1S/C6H6N4/c1-5-3-10-6(2-7-5)8-4-9-10/h2-4H,1H3. The molecular formula is C6H6N4. The Morgan fingerprint density at radius 3 is 3.20 bits per heavy atom. The molecule has 2 aromatic heterocycles. The first-order chi connectivity index (χ1) is 4.86. The molecule has 0 aliphatic heterocycles. The second-order valence-corrected chi connectivity index (χ2v) is 2.09. The molecule has 0 atom stereocenters. The molecule has 0 bridgehead atoms. The summed E-state index contributed by atoms with van der Waals surface area (Å²) in [5.41, 5.74) is 1.73. The fourth-order valence-electron chi connectivity index (χ4n) is 0.821. The Morgan fingerprint density at radius 2 is 2.30 bits per heavy atom. The third-order valence-electron chi connectivity index (χ3n) is 1.29. The summed E-state index contributed by atoms with van der Waals surface area (Å²) in [5.74, 6) is 0. The van der Waals surface area contributed by atoms with Crippen molar-refractivity contribution in [1.82, 2.24) is 19.6 Å². The van der Waals surface area contributed by atoms with Gasteiger partial charge in [-0.15, -0.1) is 0 Å². The monoisotopic (exact) mass is 134 g/mol. The highest BCUT2D eigenvalue weighted by Crippen LogP contribution is 1.95. The van der Waals surface area contributed by atoms with E-state index in [4.69, 9.17) is 0 Å². The van der Waals surface area contributed by atoms with Crippen LogP contribution in [0.2, 0.25) is 0 Å². The van der Waals surface area contributed by atoms with E-state index < -0.39 is 0 Å². The maximum Gasteiger partial charge on any atom is 0.173 e. The van der Waals surface area contributed by atoms with Crippen LogP contribution in [-0.4, -0.2) is 19.6 Å². The van der Waals surface area contributed by atoms with E-state index in [1.54, 1.807) is 10.7 Å². The van der Waals surface area contributed by atoms with Crippen LogP contribution in [0.3, 0.4) is 0 Å². The second kappa shape index (κ2) is 1.76. The van der Waals surface area contributed by atoms with Crippen molar-refractivity contribution >= 4 is 5.65 Å². The zero-order chi connectivity index (χ0) is 6.97. The minimum absolute atomic E-state index is 0.783. The predicted molar refractivity (Wildman–Crippen MR) is 35.5 cm³/mol. The Morgan fingerprint density at radius 1 is 1.40 bits per heavy atom. The summed E-state index contributed by atoms with van der Waals surface area (Å²) in [4.78, 5) is 8.01. The van der Waals surface area contributed by atoms with E-state index in [-0.39, 0.29) is 0 Å². The van der Waals surface area contributed by atoms with Gasteiger partial charge in [0.05, 0.1) is 18.1 Å². The lowest BCUT2D eigenvalue weighted by Crippen LogP contribution is -1.90. The van der Waals surface area contributed by atoms with Gasteiger partial charge in [0.2, 0.25) is 0 Å². The third kappa shape index (κ3) is 0.655. The molecule has 4 heteroatoms. The first-order valence-electron chi connectivity index (χ1n) is 2.98. The molecule has 2 aromatic rings. The SMILES string of the molecule is Cc1cn2ncnc2cn1. The number of hydrogen-bond acceptors (Lipinski definition) is 3. The molecule has 0 fully saturated rings. The van der Waals surface area contributed by atoms with Gasteiger partial charge in [-0.05, 0) is 6.92 Å². The summed E-state index contributed by atoms with van der Waals surface area (Å²) in [7, 11) is 0. The van der Waals surface area contributed by atoms with Crippen molar-refractivity contribution in [3.05, 3.63) is 24.4 Å². The van der Waals surface area contributed by atoms with Crippen molar-refractivity contribution < 1.29 is 0 Å². The lowest BCUT2D eigenvalue weighted by Gasteiger charge is -1.90. The van der Waals surface area contributed by atoms with Crippen molar-refractivity contribution in [3.63, 3.8) is 0 Å². The quantitative estimate of drug-likeness (QED) is 0.524. The fourth-order valence-corrected chi connectivity index (χ4v) is 0.821. The van der Waals surface area contributed by atoms with Gasteiger partial charge in [0.1, 0.15) is 6.33 Å². The van der Waals surface area contributed by atoms with Gasteiger partial charge in [-0.25, -0.2) is 9.50 Å². The molecule has 0 aliphatic carbocycles. The molecule has 2 heterocycles. The van der Waals surface area contributed by atoms with Crippen molar-refractivity contribution in [1.29, 1.82) is 0 Å².